The fourth-order valence-corrected chi connectivity index (χ4v) is 3.16. The Morgan fingerprint density at radius 1 is 1.12 bits per heavy atom. The van der Waals surface area contributed by atoms with E-state index in [2.05, 4.69) is 15.5 Å². The van der Waals surface area contributed by atoms with Crippen molar-refractivity contribution in [2.24, 2.45) is 11.8 Å². The molecule has 0 unspecified atom stereocenters. The molecule has 2 N–H and O–H groups in total. The molecule has 1 amide bonds. The number of para-hydroxylation sites is 1. The Labute approximate surface area is 139 Å². The van der Waals surface area contributed by atoms with Gasteiger partial charge in [0.05, 0.1) is 17.2 Å². The molecule has 0 aliphatic heterocycles. The monoisotopic (exact) mass is 328 g/mol. The third-order valence-corrected chi connectivity index (χ3v) is 4.59. The summed E-state index contributed by atoms with van der Waals surface area (Å²) in [5.41, 5.74) is 1.30. The quantitative estimate of drug-likeness (QED) is 0.873. The van der Waals surface area contributed by atoms with Crippen molar-refractivity contribution in [2.75, 3.05) is 6.54 Å². The van der Waals surface area contributed by atoms with Crippen molar-refractivity contribution < 1.29 is 14.7 Å². The molecule has 7 heteroatoms. The fraction of sp³-hybridized carbons (Fsp3) is 0.412. The molecule has 1 aliphatic carbocycles. The number of nitrogens with zero attached hydrogens (tertiary/aromatic N) is 3. The van der Waals surface area contributed by atoms with Crippen molar-refractivity contribution in [3.63, 3.8) is 0 Å². The summed E-state index contributed by atoms with van der Waals surface area (Å²) in [6, 6.07) is 7.29. The molecule has 1 aromatic carbocycles. The molecule has 7 nitrogen and oxygen atoms in total. The predicted molar refractivity (Wildman–Crippen MR) is 86.8 cm³/mol. The highest BCUT2D eigenvalue weighted by molar-refractivity contribution is 5.97. The zero-order valence-electron chi connectivity index (χ0n) is 13.3. The van der Waals surface area contributed by atoms with Gasteiger partial charge in [-0.25, -0.2) is 0 Å². The molecule has 3 rings (SSSR count). The van der Waals surface area contributed by atoms with Crippen molar-refractivity contribution in [1.82, 2.24) is 20.1 Å². The standard InChI is InChI=1S/C17H20N4O3/c22-16(18-9-12-5-7-13(8-6-12)17(23)24)14-3-1-2-4-15(14)21-10-19-20-11-21/h1-4,10-13H,5-9H2,(H,18,22)(H,23,24). The molecular formula is C17H20N4O3. The van der Waals surface area contributed by atoms with Crippen molar-refractivity contribution >= 4 is 11.9 Å². The van der Waals surface area contributed by atoms with Gasteiger partial charge in [0, 0.05) is 6.54 Å². The van der Waals surface area contributed by atoms with Crippen LogP contribution in [-0.4, -0.2) is 38.3 Å². The molecule has 1 saturated carbocycles. The minimum absolute atomic E-state index is 0.139. The van der Waals surface area contributed by atoms with Gasteiger partial charge in [0.1, 0.15) is 12.7 Å². The first-order valence-corrected chi connectivity index (χ1v) is 8.10. The van der Waals surface area contributed by atoms with Crippen LogP contribution in [0, 0.1) is 11.8 Å². The van der Waals surface area contributed by atoms with E-state index in [1.54, 1.807) is 23.3 Å². The van der Waals surface area contributed by atoms with Gasteiger partial charge in [0.2, 0.25) is 0 Å². The van der Waals surface area contributed by atoms with Crippen LogP contribution in [0.5, 0.6) is 0 Å². The van der Waals surface area contributed by atoms with Gasteiger partial charge in [-0.15, -0.1) is 10.2 Å². The summed E-state index contributed by atoms with van der Waals surface area (Å²) in [6.07, 6.45) is 6.16. The summed E-state index contributed by atoms with van der Waals surface area (Å²) in [4.78, 5) is 23.5. The highest BCUT2D eigenvalue weighted by Crippen LogP contribution is 2.28. The first-order chi connectivity index (χ1) is 11.6. The van der Waals surface area contributed by atoms with Gasteiger partial charge in [0.15, 0.2) is 0 Å². The normalized spacial score (nSPS) is 20.5. The third-order valence-electron chi connectivity index (χ3n) is 4.59. The fourth-order valence-electron chi connectivity index (χ4n) is 3.16. The molecule has 2 aromatic rings. The lowest BCUT2D eigenvalue weighted by Gasteiger charge is -2.26. The SMILES string of the molecule is O=C(NCC1CCC(C(=O)O)CC1)c1ccccc1-n1cnnc1. The zero-order chi connectivity index (χ0) is 16.9. The summed E-state index contributed by atoms with van der Waals surface area (Å²) in [5, 5.41) is 19.6. The van der Waals surface area contributed by atoms with Gasteiger partial charge < -0.3 is 10.4 Å². The minimum atomic E-state index is -0.708. The van der Waals surface area contributed by atoms with Crippen LogP contribution in [-0.2, 0) is 4.79 Å². The van der Waals surface area contributed by atoms with E-state index in [-0.39, 0.29) is 11.8 Å². The zero-order valence-corrected chi connectivity index (χ0v) is 13.3. The second-order valence-corrected chi connectivity index (χ2v) is 6.15. The maximum absolute atomic E-state index is 12.5. The van der Waals surface area contributed by atoms with E-state index in [0.29, 0.717) is 30.9 Å². The number of rotatable bonds is 5. The Morgan fingerprint density at radius 3 is 2.46 bits per heavy atom. The molecule has 0 spiro atoms. The maximum Gasteiger partial charge on any atom is 0.306 e. The largest absolute Gasteiger partial charge is 0.481 e. The predicted octanol–water partition coefficient (Wildman–Crippen LogP) is 1.89. The Bertz CT molecular complexity index is 706. The van der Waals surface area contributed by atoms with Crippen LogP contribution in [0.4, 0.5) is 0 Å². The van der Waals surface area contributed by atoms with E-state index < -0.39 is 5.97 Å². The molecule has 0 saturated heterocycles. The first-order valence-electron chi connectivity index (χ1n) is 8.10. The Balaban J connectivity index is 1.60. The maximum atomic E-state index is 12.5. The number of carbonyl (C=O) groups is 2. The van der Waals surface area contributed by atoms with Crippen LogP contribution in [0.15, 0.2) is 36.9 Å². The molecule has 1 aliphatic rings. The average molecular weight is 328 g/mol. The van der Waals surface area contributed by atoms with Crippen molar-refractivity contribution in [3.05, 3.63) is 42.5 Å². The van der Waals surface area contributed by atoms with E-state index in [0.717, 1.165) is 18.5 Å². The minimum Gasteiger partial charge on any atom is -0.481 e. The van der Waals surface area contributed by atoms with Crippen LogP contribution in [0.1, 0.15) is 36.0 Å². The average Bonchev–Trinajstić information content (AvgIpc) is 3.14. The molecule has 0 bridgehead atoms. The summed E-state index contributed by atoms with van der Waals surface area (Å²) in [7, 11) is 0. The number of amides is 1. The van der Waals surface area contributed by atoms with Crippen molar-refractivity contribution in [3.8, 4) is 5.69 Å². The summed E-state index contributed by atoms with van der Waals surface area (Å²) >= 11 is 0. The Hall–Kier alpha value is -2.70. The van der Waals surface area contributed by atoms with Gasteiger partial charge in [-0.05, 0) is 43.7 Å². The number of aliphatic carboxylic acids is 1. The first kappa shape index (κ1) is 16.2. The third kappa shape index (κ3) is 3.61. The van der Waals surface area contributed by atoms with E-state index in [9.17, 15) is 9.59 Å². The van der Waals surface area contributed by atoms with Crippen LogP contribution >= 0.6 is 0 Å². The molecule has 126 valence electrons. The number of hydrogen-bond donors (Lipinski definition) is 2. The summed E-state index contributed by atoms with van der Waals surface area (Å²) in [5.74, 6) is -0.738. The van der Waals surface area contributed by atoms with Crippen molar-refractivity contribution in [1.29, 1.82) is 0 Å². The van der Waals surface area contributed by atoms with Gasteiger partial charge in [-0.3, -0.25) is 14.2 Å². The lowest BCUT2D eigenvalue weighted by atomic mass is 9.82. The molecule has 0 atom stereocenters. The van der Waals surface area contributed by atoms with E-state index in [1.807, 2.05) is 18.2 Å². The summed E-state index contributed by atoms with van der Waals surface area (Å²) in [6.45, 7) is 0.571. The number of carboxylic acid groups (broad SMARTS) is 1. The van der Waals surface area contributed by atoms with Crippen LogP contribution in [0.3, 0.4) is 0 Å². The van der Waals surface area contributed by atoms with Crippen molar-refractivity contribution in [2.45, 2.75) is 25.7 Å². The topological polar surface area (TPSA) is 97.1 Å². The highest BCUT2D eigenvalue weighted by atomic mass is 16.4. The second kappa shape index (κ2) is 7.25. The number of nitrogens with one attached hydrogen (secondary N) is 1. The molecular weight excluding hydrogens is 308 g/mol. The smallest absolute Gasteiger partial charge is 0.306 e. The van der Waals surface area contributed by atoms with E-state index in [1.165, 1.54) is 0 Å². The number of carbonyl (C=O) groups excluding carboxylic acids is 1. The number of carboxylic acids is 1. The molecule has 1 fully saturated rings. The summed E-state index contributed by atoms with van der Waals surface area (Å²) < 4.78 is 1.70. The Kier molecular flexibility index (Phi) is 4.88. The van der Waals surface area contributed by atoms with Gasteiger partial charge in [-0.2, -0.15) is 0 Å². The van der Waals surface area contributed by atoms with Crippen LogP contribution in [0.25, 0.3) is 5.69 Å². The van der Waals surface area contributed by atoms with Gasteiger partial charge in [0.25, 0.3) is 5.91 Å². The van der Waals surface area contributed by atoms with Gasteiger partial charge in [-0.1, -0.05) is 12.1 Å². The van der Waals surface area contributed by atoms with E-state index >= 15 is 0 Å². The molecule has 0 radical (unpaired) electrons. The molecule has 1 aromatic heterocycles. The lowest BCUT2D eigenvalue weighted by molar-refractivity contribution is -0.143. The van der Waals surface area contributed by atoms with Crippen LogP contribution < -0.4 is 5.32 Å². The molecule has 24 heavy (non-hydrogen) atoms. The lowest BCUT2D eigenvalue weighted by Crippen LogP contribution is -2.32. The number of benzene rings is 1. The number of hydrogen-bond acceptors (Lipinski definition) is 4. The highest BCUT2D eigenvalue weighted by Gasteiger charge is 2.26. The molecule has 1 heterocycles. The Morgan fingerprint density at radius 2 is 1.79 bits per heavy atom. The second-order valence-electron chi connectivity index (χ2n) is 6.15. The van der Waals surface area contributed by atoms with Gasteiger partial charge >= 0.3 is 5.97 Å². The van der Waals surface area contributed by atoms with E-state index in [4.69, 9.17) is 5.11 Å². The number of aromatic nitrogens is 3. The van der Waals surface area contributed by atoms with Crippen LogP contribution in [0.2, 0.25) is 0 Å².